The van der Waals surface area contributed by atoms with Crippen LogP contribution in [0.25, 0.3) is 0 Å². The Morgan fingerprint density at radius 3 is 2.39 bits per heavy atom. The number of anilines is 1. The van der Waals surface area contributed by atoms with Crippen LogP contribution in [-0.2, 0) is 17.8 Å². The molecule has 3 aromatic rings. The number of thioether (sulfide) groups is 1. The van der Waals surface area contributed by atoms with Gasteiger partial charge in [0.1, 0.15) is 0 Å². The van der Waals surface area contributed by atoms with Crippen molar-refractivity contribution >= 4 is 29.3 Å². The fourth-order valence-electron chi connectivity index (χ4n) is 3.11. The van der Waals surface area contributed by atoms with Crippen LogP contribution < -0.4 is 10.6 Å². The van der Waals surface area contributed by atoms with Gasteiger partial charge >= 0.3 is 0 Å². The molecule has 0 aliphatic rings. The van der Waals surface area contributed by atoms with Crippen molar-refractivity contribution in [1.29, 1.82) is 0 Å². The smallest absolute Gasteiger partial charge is 0.251 e. The second-order valence-electron chi connectivity index (χ2n) is 7.03. The number of aryl methyl sites for hydroxylation is 1. The Morgan fingerprint density at radius 1 is 1.03 bits per heavy atom. The molecule has 0 unspecified atom stereocenters. The van der Waals surface area contributed by atoms with Gasteiger partial charge in [0.2, 0.25) is 5.91 Å². The molecule has 1 heterocycles. The molecule has 0 saturated carbocycles. The quantitative estimate of drug-likeness (QED) is 0.493. The molecule has 0 bridgehead atoms. The van der Waals surface area contributed by atoms with E-state index in [0.717, 1.165) is 12.1 Å². The van der Waals surface area contributed by atoms with Crippen LogP contribution in [0.4, 0.5) is 5.69 Å². The molecular weight excluding hydrogens is 410 g/mol. The average molecular weight is 438 g/mol. The van der Waals surface area contributed by atoms with E-state index >= 15 is 0 Å². The van der Waals surface area contributed by atoms with Crippen LogP contribution in [0, 0.1) is 0 Å². The Labute approximate surface area is 186 Å². The molecule has 0 spiro atoms. The van der Waals surface area contributed by atoms with Gasteiger partial charge in [-0.05, 0) is 50.1 Å². The van der Waals surface area contributed by atoms with Crippen molar-refractivity contribution < 1.29 is 9.59 Å². The number of hydrogen-bond acceptors (Lipinski definition) is 5. The SMILES string of the molecule is CCc1ccc(NC(=O)CSc2nnc([C@H](C)NC(=O)c3ccccc3)n2CC)cc1. The number of benzene rings is 2. The first-order valence-electron chi connectivity index (χ1n) is 10.3. The molecule has 0 saturated heterocycles. The predicted octanol–water partition coefficient (Wildman–Crippen LogP) is 4.08. The van der Waals surface area contributed by atoms with Crippen molar-refractivity contribution in [3.8, 4) is 0 Å². The predicted molar refractivity (Wildman–Crippen MR) is 123 cm³/mol. The lowest BCUT2D eigenvalue weighted by atomic mass is 10.1. The highest BCUT2D eigenvalue weighted by Crippen LogP contribution is 2.21. The molecule has 2 amide bonds. The first-order valence-corrected chi connectivity index (χ1v) is 11.3. The first kappa shape index (κ1) is 22.6. The summed E-state index contributed by atoms with van der Waals surface area (Å²) in [6.07, 6.45) is 0.962. The monoisotopic (exact) mass is 437 g/mol. The first-order chi connectivity index (χ1) is 15.0. The Bertz CT molecular complexity index is 1020. The highest BCUT2D eigenvalue weighted by molar-refractivity contribution is 7.99. The van der Waals surface area contributed by atoms with E-state index in [1.165, 1.54) is 17.3 Å². The van der Waals surface area contributed by atoms with Gasteiger partial charge in [-0.1, -0.05) is 49.0 Å². The molecule has 0 aliphatic carbocycles. The van der Waals surface area contributed by atoms with Gasteiger partial charge in [0.25, 0.3) is 5.91 Å². The van der Waals surface area contributed by atoms with Crippen LogP contribution in [-0.4, -0.2) is 32.3 Å². The van der Waals surface area contributed by atoms with Gasteiger partial charge in [-0.15, -0.1) is 10.2 Å². The zero-order valence-electron chi connectivity index (χ0n) is 18.0. The van der Waals surface area contributed by atoms with Crippen molar-refractivity contribution in [3.63, 3.8) is 0 Å². The molecule has 8 heteroatoms. The summed E-state index contributed by atoms with van der Waals surface area (Å²) in [4.78, 5) is 24.8. The van der Waals surface area contributed by atoms with Crippen LogP contribution in [0.1, 0.15) is 48.6 Å². The van der Waals surface area contributed by atoms with Crippen molar-refractivity contribution in [3.05, 3.63) is 71.5 Å². The molecule has 162 valence electrons. The van der Waals surface area contributed by atoms with Gasteiger partial charge in [0.15, 0.2) is 11.0 Å². The standard InChI is InChI=1S/C23H27N5O2S/c1-4-17-11-13-19(14-12-17)25-20(29)15-31-23-27-26-21(28(23)5-2)16(3)24-22(30)18-9-7-6-8-10-18/h6-14,16H,4-5,15H2,1-3H3,(H,24,30)(H,25,29)/t16-/m0/s1. The zero-order chi connectivity index (χ0) is 22.2. The van der Waals surface area contributed by atoms with Crippen molar-refractivity contribution in [2.45, 2.75) is 44.9 Å². The Kier molecular flexibility index (Phi) is 7.83. The van der Waals surface area contributed by atoms with Crippen molar-refractivity contribution in [2.75, 3.05) is 11.1 Å². The molecule has 0 radical (unpaired) electrons. The summed E-state index contributed by atoms with van der Waals surface area (Å²) in [5.74, 6) is 0.608. The number of carbonyl (C=O) groups is 2. The van der Waals surface area contributed by atoms with E-state index < -0.39 is 0 Å². The highest BCUT2D eigenvalue weighted by atomic mass is 32.2. The van der Waals surface area contributed by atoms with E-state index in [4.69, 9.17) is 0 Å². The maximum absolute atomic E-state index is 12.4. The van der Waals surface area contributed by atoms with Crippen molar-refractivity contribution in [1.82, 2.24) is 20.1 Å². The van der Waals surface area contributed by atoms with Gasteiger partial charge in [0.05, 0.1) is 11.8 Å². The molecule has 1 atom stereocenters. The van der Waals surface area contributed by atoms with E-state index in [-0.39, 0.29) is 23.6 Å². The molecular formula is C23H27N5O2S. The molecule has 0 fully saturated rings. The number of amides is 2. The molecule has 2 N–H and O–H groups in total. The van der Waals surface area contributed by atoms with Crippen LogP contribution in [0.15, 0.2) is 59.8 Å². The van der Waals surface area contributed by atoms with Crippen LogP contribution in [0.3, 0.4) is 0 Å². The number of rotatable bonds is 9. The number of nitrogens with one attached hydrogen (secondary N) is 2. The summed E-state index contributed by atoms with van der Waals surface area (Å²) in [7, 11) is 0. The number of carbonyl (C=O) groups excluding carboxylic acids is 2. The maximum Gasteiger partial charge on any atom is 0.251 e. The number of aromatic nitrogens is 3. The highest BCUT2D eigenvalue weighted by Gasteiger charge is 2.20. The van der Waals surface area contributed by atoms with Crippen molar-refractivity contribution in [2.24, 2.45) is 0 Å². The minimum absolute atomic E-state index is 0.105. The van der Waals surface area contributed by atoms with Gasteiger partial charge in [-0.3, -0.25) is 9.59 Å². The lowest BCUT2D eigenvalue weighted by Gasteiger charge is -2.15. The lowest BCUT2D eigenvalue weighted by molar-refractivity contribution is -0.113. The van der Waals surface area contributed by atoms with E-state index in [1.807, 2.05) is 60.9 Å². The van der Waals surface area contributed by atoms with Crippen LogP contribution >= 0.6 is 11.8 Å². The van der Waals surface area contributed by atoms with Crippen LogP contribution in [0.5, 0.6) is 0 Å². The maximum atomic E-state index is 12.4. The molecule has 0 aliphatic heterocycles. The minimum Gasteiger partial charge on any atom is -0.342 e. The molecule has 3 rings (SSSR count). The summed E-state index contributed by atoms with van der Waals surface area (Å²) >= 11 is 1.32. The molecule has 2 aromatic carbocycles. The Hall–Kier alpha value is -3.13. The summed E-state index contributed by atoms with van der Waals surface area (Å²) < 4.78 is 1.92. The number of nitrogens with zero attached hydrogens (tertiary/aromatic N) is 3. The molecule has 1 aromatic heterocycles. The lowest BCUT2D eigenvalue weighted by Crippen LogP contribution is -2.28. The number of hydrogen-bond donors (Lipinski definition) is 2. The fourth-order valence-corrected chi connectivity index (χ4v) is 3.92. The average Bonchev–Trinajstić information content (AvgIpc) is 3.22. The Balaban J connectivity index is 1.59. The second kappa shape index (κ2) is 10.8. The van der Waals surface area contributed by atoms with Gasteiger partial charge in [0, 0.05) is 17.8 Å². The van der Waals surface area contributed by atoms with Gasteiger partial charge in [-0.2, -0.15) is 0 Å². The molecule has 31 heavy (non-hydrogen) atoms. The largest absolute Gasteiger partial charge is 0.342 e. The summed E-state index contributed by atoms with van der Waals surface area (Å²) in [5, 5.41) is 15.0. The third kappa shape index (κ3) is 5.95. The zero-order valence-corrected chi connectivity index (χ0v) is 18.8. The van der Waals surface area contributed by atoms with E-state index in [0.29, 0.717) is 23.1 Å². The fraction of sp³-hybridized carbons (Fsp3) is 0.304. The summed E-state index contributed by atoms with van der Waals surface area (Å²) in [6, 6.07) is 16.6. The normalized spacial score (nSPS) is 11.7. The Morgan fingerprint density at radius 2 is 1.74 bits per heavy atom. The van der Waals surface area contributed by atoms with Gasteiger partial charge in [-0.25, -0.2) is 0 Å². The van der Waals surface area contributed by atoms with Crippen LogP contribution in [0.2, 0.25) is 0 Å². The summed E-state index contributed by atoms with van der Waals surface area (Å²) in [5.41, 5.74) is 2.59. The third-order valence-electron chi connectivity index (χ3n) is 4.81. The minimum atomic E-state index is -0.319. The summed E-state index contributed by atoms with van der Waals surface area (Å²) in [6.45, 7) is 6.59. The topological polar surface area (TPSA) is 88.9 Å². The van der Waals surface area contributed by atoms with Gasteiger partial charge < -0.3 is 15.2 Å². The van der Waals surface area contributed by atoms with E-state index in [1.54, 1.807) is 12.1 Å². The third-order valence-corrected chi connectivity index (χ3v) is 5.78. The molecule has 7 nitrogen and oxygen atoms in total. The van der Waals surface area contributed by atoms with E-state index in [2.05, 4.69) is 27.8 Å². The second-order valence-corrected chi connectivity index (χ2v) is 7.98. The van der Waals surface area contributed by atoms with E-state index in [9.17, 15) is 9.59 Å².